The van der Waals surface area contributed by atoms with Crippen molar-refractivity contribution < 1.29 is 9.59 Å². The van der Waals surface area contributed by atoms with Gasteiger partial charge in [0.15, 0.2) is 5.78 Å². The molecule has 2 N–H and O–H groups in total. The molecule has 0 aliphatic carbocycles. The van der Waals surface area contributed by atoms with E-state index in [9.17, 15) is 9.59 Å². The van der Waals surface area contributed by atoms with E-state index in [0.717, 1.165) is 35.5 Å². The van der Waals surface area contributed by atoms with Gasteiger partial charge in [-0.25, -0.2) is 4.79 Å². The number of urea groups is 1. The summed E-state index contributed by atoms with van der Waals surface area (Å²) >= 11 is 5.98. The van der Waals surface area contributed by atoms with Gasteiger partial charge in [-0.15, -0.1) is 0 Å². The maximum atomic E-state index is 13.3. The number of hydrogen-bond donors (Lipinski definition) is 2. The lowest BCUT2D eigenvalue weighted by Crippen LogP contribution is -2.45. The molecule has 0 aromatic heterocycles. The zero-order chi connectivity index (χ0) is 23.7. The Kier molecular flexibility index (Phi) is 5.90. The molecule has 2 amide bonds. The predicted octanol–water partition coefficient (Wildman–Crippen LogP) is 5.47. The number of halogens is 1. The van der Waals surface area contributed by atoms with Crippen molar-refractivity contribution in [3.05, 3.63) is 112 Å². The molecule has 6 nitrogen and oxygen atoms in total. The molecule has 0 bridgehead atoms. The van der Waals surface area contributed by atoms with Crippen molar-refractivity contribution in [2.45, 2.75) is 19.4 Å². The van der Waals surface area contributed by atoms with Gasteiger partial charge < -0.3 is 10.6 Å². The van der Waals surface area contributed by atoms with E-state index in [1.165, 1.54) is 0 Å². The molecule has 7 heteroatoms. The van der Waals surface area contributed by atoms with E-state index in [2.05, 4.69) is 22.8 Å². The second-order valence-electron chi connectivity index (χ2n) is 8.28. The maximum absolute atomic E-state index is 13.3. The molecule has 3 aromatic carbocycles. The van der Waals surface area contributed by atoms with Crippen molar-refractivity contribution in [3.63, 3.8) is 0 Å². The molecule has 3 aromatic rings. The molecule has 34 heavy (non-hydrogen) atoms. The van der Waals surface area contributed by atoms with E-state index >= 15 is 0 Å². The summed E-state index contributed by atoms with van der Waals surface area (Å²) in [6.45, 7) is 2.54. The minimum atomic E-state index is -0.562. The lowest BCUT2D eigenvalue weighted by molar-refractivity contribution is 0.102. The third kappa shape index (κ3) is 4.32. The van der Waals surface area contributed by atoms with Crippen LogP contribution in [0.1, 0.15) is 40.9 Å². The Morgan fingerprint density at radius 3 is 2.41 bits per heavy atom. The highest BCUT2D eigenvalue weighted by molar-refractivity contribution is 6.30. The summed E-state index contributed by atoms with van der Waals surface area (Å²) in [5.41, 5.74) is 5.52. The first-order chi connectivity index (χ1) is 16.5. The fourth-order valence-electron chi connectivity index (χ4n) is 4.32. The summed E-state index contributed by atoms with van der Waals surface area (Å²) in [5.74, 6) is -0.160. The van der Waals surface area contributed by atoms with Crippen LogP contribution in [0.4, 0.5) is 10.5 Å². The number of carbonyl (C=O) groups excluding carboxylic acids is 2. The van der Waals surface area contributed by atoms with Crippen molar-refractivity contribution in [1.82, 2.24) is 10.6 Å². The number of hydrogen-bond acceptors (Lipinski definition) is 4. The number of allylic oxidation sites excluding steroid dienone is 1. The molecule has 0 radical (unpaired) electrons. The van der Waals surface area contributed by atoms with Crippen LogP contribution in [0.2, 0.25) is 5.02 Å². The topological polar surface area (TPSA) is 73.8 Å². The van der Waals surface area contributed by atoms with Gasteiger partial charge in [0.2, 0.25) is 0 Å². The summed E-state index contributed by atoms with van der Waals surface area (Å²) in [6, 6.07) is 23.8. The Labute approximate surface area is 202 Å². The zero-order valence-electron chi connectivity index (χ0n) is 18.6. The van der Waals surface area contributed by atoms with Gasteiger partial charge >= 0.3 is 6.03 Å². The molecule has 0 unspecified atom stereocenters. The monoisotopic (exact) mass is 470 g/mol. The van der Waals surface area contributed by atoms with Gasteiger partial charge in [-0.3, -0.25) is 9.80 Å². The van der Waals surface area contributed by atoms with Crippen LogP contribution in [0.3, 0.4) is 0 Å². The minimum Gasteiger partial charge on any atom is -0.327 e. The van der Waals surface area contributed by atoms with E-state index in [1.807, 2.05) is 47.5 Å². The second kappa shape index (κ2) is 9.15. The standard InChI is InChI=1S/C27H23ClN4O2/c1-17-24(26(33)20-7-11-21(28)12-8-20)25(30-27(34)29-17)19-9-13-22(14-10-19)32-16-15-23(31-32)18-5-3-2-4-6-18/h2-14,25H,15-16H2,1H3,(H2,29,30,34)/t25-/m1/s1. The molecule has 0 spiro atoms. The third-order valence-electron chi connectivity index (χ3n) is 6.05. The number of rotatable bonds is 5. The van der Waals surface area contributed by atoms with E-state index < -0.39 is 6.04 Å². The lowest BCUT2D eigenvalue weighted by atomic mass is 9.89. The number of carbonyl (C=O) groups is 2. The van der Waals surface area contributed by atoms with E-state index in [4.69, 9.17) is 16.7 Å². The Morgan fingerprint density at radius 1 is 1.00 bits per heavy atom. The van der Waals surface area contributed by atoms with Crippen LogP contribution >= 0.6 is 11.6 Å². The molecular formula is C27H23ClN4O2. The first-order valence-corrected chi connectivity index (χ1v) is 11.5. The number of Topliss-reactive ketones (excluding diaryl/α,β-unsaturated/α-hetero) is 1. The van der Waals surface area contributed by atoms with Gasteiger partial charge in [0.25, 0.3) is 0 Å². The van der Waals surface area contributed by atoms with Crippen molar-refractivity contribution in [2.24, 2.45) is 5.10 Å². The van der Waals surface area contributed by atoms with Crippen molar-refractivity contribution in [2.75, 3.05) is 11.6 Å². The Bertz CT molecular complexity index is 1300. The van der Waals surface area contributed by atoms with Gasteiger partial charge in [0.05, 0.1) is 17.4 Å². The van der Waals surface area contributed by atoms with Crippen molar-refractivity contribution >= 4 is 34.8 Å². The SMILES string of the molecule is CC1=C(C(=O)c2ccc(Cl)cc2)[C@@H](c2ccc(N3CCC(c4ccccc4)=N3)cc2)NC(=O)N1. The van der Waals surface area contributed by atoms with Crippen LogP contribution < -0.4 is 15.6 Å². The fraction of sp³-hybridized carbons (Fsp3) is 0.148. The predicted molar refractivity (Wildman–Crippen MR) is 134 cm³/mol. The second-order valence-corrected chi connectivity index (χ2v) is 8.72. The maximum Gasteiger partial charge on any atom is 0.319 e. The highest BCUT2D eigenvalue weighted by Crippen LogP contribution is 2.31. The molecule has 2 aliphatic heterocycles. The van der Waals surface area contributed by atoms with Crippen LogP contribution in [0.15, 0.2) is 95.2 Å². The van der Waals surface area contributed by atoms with Crippen molar-refractivity contribution in [3.8, 4) is 0 Å². The fourth-order valence-corrected chi connectivity index (χ4v) is 4.44. The number of hydrazone groups is 1. The highest BCUT2D eigenvalue weighted by Gasteiger charge is 2.31. The van der Waals surface area contributed by atoms with E-state index in [1.54, 1.807) is 31.2 Å². The largest absolute Gasteiger partial charge is 0.327 e. The number of benzene rings is 3. The Hall–Kier alpha value is -3.90. The van der Waals surface area contributed by atoms with Crippen LogP contribution in [0.25, 0.3) is 0 Å². The van der Waals surface area contributed by atoms with Crippen molar-refractivity contribution in [1.29, 1.82) is 0 Å². The lowest BCUT2D eigenvalue weighted by Gasteiger charge is -2.29. The summed E-state index contributed by atoms with van der Waals surface area (Å²) in [5, 5.41) is 12.9. The molecule has 2 aliphatic rings. The third-order valence-corrected chi connectivity index (χ3v) is 6.31. The number of nitrogens with zero attached hydrogens (tertiary/aromatic N) is 2. The first kappa shape index (κ1) is 21.9. The average Bonchev–Trinajstić information content (AvgIpc) is 3.35. The minimum absolute atomic E-state index is 0.160. The molecule has 170 valence electrons. The Morgan fingerprint density at radius 2 is 1.71 bits per heavy atom. The summed E-state index contributed by atoms with van der Waals surface area (Å²) in [4.78, 5) is 25.6. The van der Waals surface area contributed by atoms with Gasteiger partial charge in [-0.05, 0) is 54.4 Å². The average molecular weight is 471 g/mol. The zero-order valence-corrected chi connectivity index (χ0v) is 19.3. The summed E-state index contributed by atoms with van der Waals surface area (Å²) in [6.07, 6.45) is 0.873. The molecule has 0 saturated carbocycles. The summed E-state index contributed by atoms with van der Waals surface area (Å²) in [7, 11) is 0. The smallest absolute Gasteiger partial charge is 0.319 e. The van der Waals surface area contributed by atoms with E-state index in [0.29, 0.717) is 21.9 Å². The number of nitrogens with one attached hydrogen (secondary N) is 2. The van der Waals surface area contributed by atoms with Crippen LogP contribution in [-0.4, -0.2) is 24.1 Å². The van der Waals surface area contributed by atoms with Gasteiger partial charge in [0.1, 0.15) is 0 Å². The molecule has 1 atom stereocenters. The van der Waals surface area contributed by atoms with E-state index in [-0.39, 0.29) is 11.8 Å². The molecule has 2 heterocycles. The van der Waals surface area contributed by atoms with Crippen LogP contribution in [-0.2, 0) is 0 Å². The normalized spacial score (nSPS) is 17.8. The molecule has 5 rings (SSSR count). The summed E-state index contributed by atoms with van der Waals surface area (Å²) < 4.78 is 0. The van der Waals surface area contributed by atoms with Gasteiger partial charge in [0, 0.05) is 34.8 Å². The van der Waals surface area contributed by atoms with Gasteiger partial charge in [-0.1, -0.05) is 54.1 Å². The quantitative estimate of drug-likeness (QED) is 0.486. The first-order valence-electron chi connectivity index (χ1n) is 11.1. The van der Waals surface area contributed by atoms with Crippen LogP contribution in [0, 0.1) is 0 Å². The van der Waals surface area contributed by atoms with Gasteiger partial charge in [-0.2, -0.15) is 5.10 Å². The Balaban J connectivity index is 1.41. The molecular weight excluding hydrogens is 448 g/mol. The molecule has 0 saturated heterocycles. The van der Waals surface area contributed by atoms with Crippen LogP contribution in [0.5, 0.6) is 0 Å². The number of anilines is 1. The number of amides is 2. The molecule has 0 fully saturated rings. The number of ketones is 1. The highest BCUT2D eigenvalue weighted by atomic mass is 35.5.